The summed E-state index contributed by atoms with van der Waals surface area (Å²) >= 11 is 0. The Hall–Kier alpha value is -2.73. The van der Waals surface area contributed by atoms with Crippen LogP contribution in [-0.2, 0) is 6.54 Å². The molecule has 3 aromatic heterocycles. The Morgan fingerprint density at radius 2 is 2.12 bits per heavy atom. The summed E-state index contributed by atoms with van der Waals surface area (Å²) in [5.74, 6) is 1.64. The van der Waals surface area contributed by atoms with Crippen LogP contribution in [0.5, 0.6) is 0 Å². The molecule has 4 rings (SSSR count). The maximum absolute atomic E-state index is 4.42. The van der Waals surface area contributed by atoms with E-state index in [1.54, 1.807) is 12.5 Å². The molecule has 1 unspecified atom stereocenters. The molecule has 2 N–H and O–H groups in total. The van der Waals surface area contributed by atoms with E-state index in [1.165, 1.54) is 18.4 Å². The van der Waals surface area contributed by atoms with Crippen molar-refractivity contribution in [1.82, 2.24) is 24.8 Å². The molecule has 3 aromatic rings. The lowest BCUT2D eigenvalue weighted by Gasteiger charge is -2.24. The zero-order chi connectivity index (χ0) is 16.2. The molecular weight excluding hydrogens is 300 g/mol. The summed E-state index contributed by atoms with van der Waals surface area (Å²) in [6, 6.07) is 10.5. The van der Waals surface area contributed by atoms with E-state index in [4.69, 9.17) is 0 Å². The van der Waals surface area contributed by atoms with Crippen LogP contribution in [0.3, 0.4) is 0 Å². The Labute approximate surface area is 141 Å². The summed E-state index contributed by atoms with van der Waals surface area (Å²) in [5, 5.41) is 3.27. The topological polar surface area (TPSA) is 69.7 Å². The monoisotopic (exact) mass is 320 g/mol. The largest absolute Gasteiger partial charge is 0.347 e. The van der Waals surface area contributed by atoms with Gasteiger partial charge in [0, 0.05) is 36.9 Å². The number of aromatic nitrogens is 4. The molecule has 0 aliphatic carbocycles. The Morgan fingerprint density at radius 3 is 2.96 bits per heavy atom. The van der Waals surface area contributed by atoms with Crippen molar-refractivity contribution in [3.8, 4) is 0 Å². The number of rotatable bonds is 5. The third-order valence-corrected chi connectivity index (χ3v) is 4.38. The molecule has 6 heteroatoms. The molecular formula is C18H20N6. The summed E-state index contributed by atoms with van der Waals surface area (Å²) in [4.78, 5) is 18.5. The second-order valence-corrected chi connectivity index (χ2v) is 6.02. The molecule has 24 heavy (non-hydrogen) atoms. The van der Waals surface area contributed by atoms with Gasteiger partial charge in [-0.1, -0.05) is 6.07 Å². The zero-order valence-electron chi connectivity index (χ0n) is 13.4. The number of hydrogen-bond acceptors (Lipinski definition) is 5. The average molecular weight is 320 g/mol. The van der Waals surface area contributed by atoms with Crippen molar-refractivity contribution < 1.29 is 0 Å². The summed E-state index contributed by atoms with van der Waals surface area (Å²) < 4.78 is 0. The molecule has 1 saturated heterocycles. The molecule has 0 radical (unpaired) electrons. The first-order valence-corrected chi connectivity index (χ1v) is 8.24. The first kappa shape index (κ1) is 14.8. The Kier molecular flexibility index (Phi) is 4.20. The van der Waals surface area contributed by atoms with E-state index < -0.39 is 0 Å². The van der Waals surface area contributed by atoms with Crippen LogP contribution in [0.2, 0.25) is 0 Å². The number of likely N-dealkylation sites (tertiary alicyclic amines) is 1. The van der Waals surface area contributed by atoms with Gasteiger partial charge in [-0.25, -0.2) is 15.0 Å². The molecule has 122 valence electrons. The van der Waals surface area contributed by atoms with Crippen molar-refractivity contribution in [2.45, 2.75) is 25.4 Å². The van der Waals surface area contributed by atoms with Gasteiger partial charge in [-0.15, -0.1) is 0 Å². The highest BCUT2D eigenvalue weighted by Crippen LogP contribution is 2.33. The summed E-state index contributed by atoms with van der Waals surface area (Å²) in [6.07, 6.45) is 9.66. The molecule has 0 amide bonds. The van der Waals surface area contributed by atoms with Gasteiger partial charge in [0.2, 0.25) is 0 Å². The first-order chi connectivity index (χ1) is 11.9. The number of aromatic amines is 1. The van der Waals surface area contributed by atoms with E-state index in [0.717, 1.165) is 30.4 Å². The fourth-order valence-corrected chi connectivity index (χ4v) is 3.27. The fraction of sp³-hybridized carbons (Fsp3) is 0.278. The maximum Gasteiger partial charge on any atom is 0.131 e. The van der Waals surface area contributed by atoms with Gasteiger partial charge in [0.05, 0.1) is 6.33 Å². The normalized spacial score (nSPS) is 17.9. The van der Waals surface area contributed by atoms with Gasteiger partial charge in [-0.3, -0.25) is 4.90 Å². The molecule has 0 bridgehead atoms. The number of nitrogens with zero attached hydrogens (tertiary/aromatic N) is 4. The van der Waals surface area contributed by atoms with Crippen molar-refractivity contribution >= 4 is 11.6 Å². The van der Waals surface area contributed by atoms with Crippen molar-refractivity contribution in [3.63, 3.8) is 0 Å². The van der Waals surface area contributed by atoms with Crippen molar-refractivity contribution in [3.05, 3.63) is 66.5 Å². The molecule has 6 nitrogen and oxygen atoms in total. The number of pyridine rings is 2. The highest BCUT2D eigenvalue weighted by molar-refractivity contribution is 5.52. The van der Waals surface area contributed by atoms with Gasteiger partial charge >= 0.3 is 0 Å². The smallest absolute Gasteiger partial charge is 0.131 e. The van der Waals surface area contributed by atoms with Gasteiger partial charge in [0.25, 0.3) is 0 Å². The quantitative estimate of drug-likeness (QED) is 0.755. The van der Waals surface area contributed by atoms with Crippen LogP contribution in [0.1, 0.15) is 30.1 Å². The van der Waals surface area contributed by atoms with Crippen LogP contribution >= 0.6 is 0 Å². The van der Waals surface area contributed by atoms with Gasteiger partial charge < -0.3 is 10.3 Å². The molecule has 1 aliphatic heterocycles. The van der Waals surface area contributed by atoms with Crippen molar-refractivity contribution in [2.24, 2.45) is 0 Å². The summed E-state index contributed by atoms with van der Waals surface area (Å²) in [5.41, 5.74) is 2.45. The van der Waals surface area contributed by atoms with E-state index in [-0.39, 0.29) is 0 Å². The van der Waals surface area contributed by atoms with Gasteiger partial charge in [-0.2, -0.15) is 0 Å². The fourth-order valence-electron chi connectivity index (χ4n) is 3.27. The van der Waals surface area contributed by atoms with Crippen LogP contribution in [0.4, 0.5) is 11.6 Å². The second kappa shape index (κ2) is 6.80. The van der Waals surface area contributed by atoms with Crippen LogP contribution < -0.4 is 5.32 Å². The van der Waals surface area contributed by atoms with Crippen LogP contribution in [-0.4, -0.2) is 31.4 Å². The molecule has 1 aliphatic rings. The van der Waals surface area contributed by atoms with E-state index in [9.17, 15) is 0 Å². The highest BCUT2D eigenvalue weighted by Gasteiger charge is 2.26. The van der Waals surface area contributed by atoms with Crippen LogP contribution in [0.15, 0.2) is 55.2 Å². The predicted octanol–water partition coefficient (Wildman–Crippen LogP) is 3.28. The SMILES string of the molecule is c1ccc(Nc2cc(C3CCCN3Cc3cnc[nH]3)ccn2)nc1. The Morgan fingerprint density at radius 1 is 1.17 bits per heavy atom. The molecule has 0 spiro atoms. The highest BCUT2D eigenvalue weighted by atomic mass is 15.2. The van der Waals surface area contributed by atoms with Crippen LogP contribution in [0.25, 0.3) is 0 Å². The van der Waals surface area contributed by atoms with E-state index in [2.05, 4.69) is 42.3 Å². The van der Waals surface area contributed by atoms with Gasteiger partial charge in [0.15, 0.2) is 0 Å². The Balaban J connectivity index is 1.51. The molecule has 4 heterocycles. The number of H-pyrrole nitrogens is 1. The Bertz CT molecular complexity index is 771. The average Bonchev–Trinajstić information content (AvgIpc) is 3.28. The second-order valence-electron chi connectivity index (χ2n) is 6.02. The van der Waals surface area contributed by atoms with E-state index in [1.807, 2.05) is 30.6 Å². The lowest BCUT2D eigenvalue weighted by molar-refractivity contribution is 0.246. The number of nitrogens with one attached hydrogen (secondary N) is 2. The van der Waals surface area contributed by atoms with E-state index in [0.29, 0.717) is 6.04 Å². The molecule has 1 fully saturated rings. The standard InChI is InChI=1S/C18H20N6/c1-2-7-20-17(5-1)23-18-10-14(6-8-21-18)16-4-3-9-24(16)12-15-11-19-13-22-15/h1-2,5-8,10-11,13,16H,3-4,9,12H2,(H,19,22)(H,20,21,23). The third kappa shape index (κ3) is 3.28. The summed E-state index contributed by atoms with van der Waals surface area (Å²) in [7, 11) is 0. The van der Waals surface area contributed by atoms with Gasteiger partial charge in [-0.05, 0) is 49.2 Å². The van der Waals surface area contributed by atoms with Crippen LogP contribution in [0, 0.1) is 0 Å². The minimum absolute atomic E-state index is 0.417. The molecule has 0 saturated carbocycles. The van der Waals surface area contributed by atoms with Crippen molar-refractivity contribution in [1.29, 1.82) is 0 Å². The minimum atomic E-state index is 0.417. The molecule has 0 aromatic carbocycles. The van der Waals surface area contributed by atoms with Crippen molar-refractivity contribution in [2.75, 3.05) is 11.9 Å². The summed E-state index contributed by atoms with van der Waals surface area (Å²) in [6.45, 7) is 2.00. The lowest BCUT2D eigenvalue weighted by atomic mass is 10.1. The molecule has 1 atom stereocenters. The van der Waals surface area contributed by atoms with E-state index >= 15 is 0 Å². The third-order valence-electron chi connectivity index (χ3n) is 4.38. The minimum Gasteiger partial charge on any atom is -0.347 e. The van der Waals surface area contributed by atoms with Gasteiger partial charge in [0.1, 0.15) is 11.6 Å². The number of imidazole rings is 1. The zero-order valence-corrected chi connectivity index (χ0v) is 13.4. The predicted molar refractivity (Wildman–Crippen MR) is 92.7 cm³/mol. The first-order valence-electron chi connectivity index (χ1n) is 8.24. The lowest BCUT2D eigenvalue weighted by Crippen LogP contribution is -2.23. The number of hydrogen-bond donors (Lipinski definition) is 2. The number of anilines is 2. The maximum atomic E-state index is 4.42.